The van der Waals surface area contributed by atoms with E-state index in [1.54, 1.807) is 6.92 Å². The first-order valence-electron chi connectivity index (χ1n) is 8.73. The van der Waals surface area contributed by atoms with Gasteiger partial charge in [-0.3, -0.25) is 19.1 Å². The Bertz CT molecular complexity index is 1030. The molecule has 1 aromatic heterocycles. The summed E-state index contributed by atoms with van der Waals surface area (Å²) in [4.78, 5) is 37.0. The lowest BCUT2D eigenvalue weighted by Gasteiger charge is -2.20. The smallest absolute Gasteiger partial charge is 0.408 e. The number of ether oxygens (including phenoxy) is 1. The van der Waals surface area contributed by atoms with Gasteiger partial charge in [-0.15, -0.1) is 0 Å². The molecular weight excluding hydrogens is 405 g/mol. The summed E-state index contributed by atoms with van der Waals surface area (Å²) in [5.41, 5.74) is 0.331. The molecule has 154 valence electrons. The van der Waals surface area contributed by atoms with Gasteiger partial charge in [-0.25, -0.2) is 9.18 Å². The summed E-state index contributed by atoms with van der Waals surface area (Å²) in [6.07, 6.45) is 0.0317. The molecule has 0 bridgehead atoms. The van der Waals surface area contributed by atoms with E-state index in [0.717, 1.165) is 16.5 Å². The molecule has 0 radical (unpaired) electrons. The SMILES string of the molecule is CO[C@@H]1C[C@H](C(=O)Nc2ccc(-n3cc(C)cc(Cl)c3=O)cc2F)N(C(=O)O)C1. The third kappa shape index (κ3) is 4.25. The monoisotopic (exact) mass is 423 g/mol. The highest BCUT2D eigenvalue weighted by atomic mass is 35.5. The number of benzene rings is 1. The molecule has 0 unspecified atom stereocenters. The van der Waals surface area contributed by atoms with Crippen LogP contribution in [-0.4, -0.2) is 52.4 Å². The Morgan fingerprint density at radius 1 is 1.34 bits per heavy atom. The molecule has 2 N–H and O–H groups in total. The molecule has 10 heteroatoms. The van der Waals surface area contributed by atoms with Gasteiger partial charge in [0.1, 0.15) is 16.9 Å². The average Bonchev–Trinajstić information content (AvgIpc) is 3.11. The molecule has 2 atom stereocenters. The van der Waals surface area contributed by atoms with Crippen LogP contribution >= 0.6 is 11.6 Å². The van der Waals surface area contributed by atoms with E-state index >= 15 is 0 Å². The second-order valence-corrected chi connectivity index (χ2v) is 7.15. The van der Waals surface area contributed by atoms with Crippen LogP contribution in [0.5, 0.6) is 0 Å². The quantitative estimate of drug-likeness (QED) is 0.787. The summed E-state index contributed by atoms with van der Waals surface area (Å²) in [6.45, 7) is 1.80. The molecule has 1 aromatic carbocycles. The van der Waals surface area contributed by atoms with Crippen molar-refractivity contribution < 1.29 is 23.8 Å². The van der Waals surface area contributed by atoms with Crippen molar-refractivity contribution in [3.63, 3.8) is 0 Å². The molecule has 1 saturated heterocycles. The number of carbonyl (C=O) groups is 2. The minimum Gasteiger partial charge on any atom is -0.465 e. The van der Waals surface area contributed by atoms with E-state index in [4.69, 9.17) is 16.3 Å². The van der Waals surface area contributed by atoms with Crippen molar-refractivity contribution in [3.05, 3.63) is 57.2 Å². The van der Waals surface area contributed by atoms with Gasteiger partial charge in [0.05, 0.1) is 24.0 Å². The zero-order chi connectivity index (χ0) is 21.3. The van der Waals surface area contributed by atoms with Crippen LogP contribution in [0.1, 0.15) is 12.0 Å². The summed E-state index contributed by atoms with van der Waals surface area (Å²) in [5.74, 6) is -1.43. The summed E-state index contributed by atoms with van der Waals surface area (Å²) in [5, 5.41) is 11.7. The van der Waals surface area contributed by atoms with Crippen LogP contribution in [-0.2, 0) is 9.53 Å². The molecule has 3 rings (SSSR count). The number of carbonyl (C=O) groups excluding carboxylic acids is 1. The fourth-order valence-corrected chi connectivity index (χ4v) is 3.53. The highest BCUT2D eigenvalue weighted by Gasteiger charge is 2.40. The first kappa shape index (κ1) is 20.8. The van der Waals surface area contributed by atoms with Crippen molar-refractivity contribution in [2.24, 2.45) is 0 Å². The van der Waals surface area contributed by atoms with Gasteiger partial charge >= 0.3 is 6.09 Å². The van der Waals surface area contributed by atoms with Crippen LogP contribution in [0.2, 0.25) is 5.02 Å². The van der Waals surface area contributed by atoms with Crippen LogP contribution in [0, 0.1) is 12.7 Å². The fraction of sp³-hybridized carbons (Fsp3) is 0.316. The Balaban J connectivity index is 1.84. The minimum atomic E-state index is -1.25. The standard InChI is InChI=1S/C19H19ClFN3O5/c1-10-5-13(20)18(26)23(8-10)11-3-4-15(14(21)6-11)22-17(25)16-7-12(29-2)9-24(16)19(27)28/h3-6,8,12,16H,7,9H2,1-2H3,(H,22,25)(H,27,28)/t12-,16-/m1/s1. The Morgan fingerprint density at radius 3 is 2.69 bits per heavy atom. The zero-order valence-corrected chi connectivity index (χ0v) is 16.4. The second-order valence-electron chi connectivity index (χ2n) is 6.74. The molecule has 0 aliphatic carbocycles. The van der Waals surface area contributed by atoms with E-state index in [-0.39, 0.29) is 29.4 Å². The van der Waals surface area contributed by atoms with Gasteiger partial charge in [-0.2, -0.15) is 0 Å². The Hall–Kier alpha value is -2.91. The van der Waals surface area contributed by atoms with Crippen LogP contribution in [0.3, 0.4) is 0 Å². The predicted molar refractivity (Wildman–Crippen MR) is 104 cm³/mol. The Labute approximate surface area is 170 Å². The number of aryl methyl sites for hydroxylation is 1. The number of likely N-dealkylation sites (tertiary alicyclic amines) is 1. The molecule has 0 saturated carbocycles. The van der Waals surface area contributed by atoms with Crippen molar-refractivity contribution >= 4 is 29.3 Å². The first-order chi connectivity index (χ1) is 13.7. The molecule has 2 aromatic rings. The van der Waals surface area contributed by atoms with Crippen molar-refractivity contribution in [1.29, 1.82) is 0 Å². The number of amides is 2. The summed E-state index contributed by atoms with van der Waals surface area (Å²) in [6, 6.07) is 4.37. The van der Waals surface area contributed by atoms with E-state index in [1.165, 1.54) is 36.1 Å². The number of aromatic nitrogens is 1. The Morgan fingerprint density at radius 2 is 2.07 bits per heavy atom. The molecule has 2 heterocycles. The van der Waals surface area contributed by atoms with Gasteiger partial charge in [0, 0.05) is 25.8 Å². The maximum absolute atomic E-state index is 14.6. The number of nitrogens with one attached hydrogen (secondary N) is 1. The first-order valence-corrected chi connectivity index (χ1v) is 9.11. The van der Waals surface area contributed by atoms with Gasteiger partial charge in [-0.05, 0) is 30.7 Å². The maximum atomic E-state index is 14.6. The molecule has 2 amide bonds. The molecule has 1 fully saturated rings. The summed E-state index contributed by atoms with van der Waals surface area (Å²) >= 11 is 5.90. The van der Waals surface area contributed by atoms with Gasteiger partial charge in [0.25, 0.3) is 5.56 Å². The van der Waals surface area contributed by atoms with Gasteiger partial charge in [0.15, 0.2) is 0 Å². The fourth-order valence-electron chi connectivity index (χ4n) is 3.27. The lowest BCUT2D eigenvalue weighted by atomic mass is 10.1. The van der Waals surface area contributed by atoms with Crippen LogP contribution in [0.4, 0.5) is 14.9 Å². The predicted octanol–water partition coefficient (Wildman–Crippen LogP) is 2.64. The van der Waals surface area contributed by atoms with Crippen molar-refractivity contribution in [2.45, 2.75) is 25.5 Å². The highest BCUT2D eigenvalue weighted by molar-refractivity contribution is 6.30. The van der Waals surface area contributed by atoms with E-state index in [1.807, 2.05) is 0 Å². The number of pyridine rings is 1. The molecule has 1 aliphatic heterocycles. The summed E-state index contributed by atoms with van der Waals surface area (Å²) < 4.78 is 20.9. The van der Waals surface area contributed by atoms with Crippen LogP contribution in [0.15, 0.2) is 35.3 Å². The molecule has 1 aliphatic rings. The zero-order valence-electron chi connectivity index (χ0n) is 15.7. The van der Waals surface area contributed by atoms with Crippen LogP contribution in [0.25, 0.3) is 5.69 Å². The largest absolute Gasteiger partial charge is 0.465 e. The Kier molecular flexibility index (Phi) is 5.90. The number of rotatable bonds is 4. The van der Waals surface area contributed by atoms with Crippen molar-refractivity contribution in [3.8, 4) is 5.69 Å². The van der Waals surface area contributed by atoms with E-state index in [9.17, 15) is 23.9 Å². The molecule has 0 spiro atoms. The van der Waals surface area contributed by atoms with Gasteiger partial charge < -0.3 is 15.2 Å². The third-order valence-electron chi connectivity index (χ3n) is 4.74. The molecular formula is C19H19ClFN3O5. The average molecular weight is 424 g/mol. The highest BCUT2D eigenvalue weighted by Crippen LogP contribution is 2.24. The topological polar surface area (TPSA) is 101 Å². The number of hydrogen-bond donors (Lipinski definition) is 2. The van der Waals surface area contributed by atoms with Gasteiger partial charge in [-0.1, -0.05) is 11.6 Å². The maximum Gasteiger partial charge on any atom is 0.408 e. The number of nitrogens with zero attached hydrogens (tertiary/aromatic N) is 2. The molecule has 29 heavy (non-hydrogen) atoms. The number of halogens is 2. The van der Waals surface area contributed by atoms with Crippen molar-refractivity contribution in [2.75, 3.05) is 19.0 Å². The lowest BCUT2D eigenvalue weighted by Crippen LogP contribution is -2.42. The third-order valence-corrected chi connectivity index (χ3v) is 5.01. The van der Waals surface area contributed by atoms with Crippen molar-refractivity contribution in [1.82, 2.24) is 9.47 Å². The normalized spacial score (nSPS) is 18.7. The van der Waals surface area contributed by atoms with Gasteiger partial charge in [0.2, 0.25) is 5.91 Å². The molecule has 8 nitrogen and oxygen atoms in total. The number of hydrogen-bond acceptors (Lipinski definition) is 4. The van der Waals surface area contributed by atoms with E-state index in [0.29, 0.717) is 0 Å². The van der Waals surface area contributed by atoms with Crippen LogP contribution < -0.4 is 10.9 Å². The van der Waals surface area contributed by atoms with E-state index in [2.05, 4.69) is 5.32 Å². The number of anilines is 1. The lowest BCUT2D eigenvalue weighted by molar-refractivity contribution is -0.120. The van der Waals surface area contributed by atoms with E-state index < -0.39 is 35.5 Å². The number of carboxylic acid groups (broad SMARTS) is 1. The minimum absolute atomic E-state index is 0.00507. The summed E-state index contributed by atoms with van der Waals surface area (Å²) in [7, 11) is 1.43. The second kappa shape index (κ2) is 8.22. The number of methoxy groups -OCH3 is 1.